The third-order valence-corrected chi connectivity index (χ3v) is 5.97. The van der Waals surface area contributed by atoms with Gasteiger partial charge in [0.15, 0.2) is 0 Å². The van der Waals surface area contributed by atoms with Gasteiger partial charge in [-0.2, -0.15) is 5.10 Å². The van der Waals surface area contributed by atoms with Crippen LogP contribution < -0.4 is 5.32 Å². The van der Waals surface area contributed by atoms with Gasteiger partial charge in [-0.15, -0.1) is 0 Å². The summed E-state index contributed by atoms with van der Waals surface area (Å²) in [5, 5.41) is 9.15. The van der Waals surface area contributed by atoms with Crippen LogP contribution in [0.4, 0.5) is 11.6 Å². The van der Waals surface area contributed by atoms with E-state index in [1.165, 1.54) is 0 Å². The van der Waals surface area contributed by atoms with Gasteiger partial charge in [-0.1, -0.05) is 66.4 Å². The topological polar surface area (TPSA) is 55.6 Å². The van der Waals surface area contributed by atoms with Crippen molar-refractivity contribution in [3.8, 4) is 16.9 Å². The van der Waals surface area contributed by atoms with Gasteiger partial charge < -0.3 is 5.32 Å². The van der Waals surface area contributed by atoms with Gasteiger partial charge in [0.25, 0.3) is 0 Å². The Bertz CT molecular complexity index is 1320. The van der Waals surface area contributed by atoms with E-state index < -0.39 is 0 Å². The summed E-state index contributed by atoms with van der Waals surface area (Å²) in [4.78, 5) is 10.4. The van der Waals surface area contributed by atoms with Crippen molar-refractivity contribution in [2.24, 2.45) is 0 Å². The maximum atomic E-state index is 4.96. The van der Waals surface area contributed by atoms with E-state index in [0.717, 1.165) is 38.2 Å². The summed E-state index contributed by atoms with van der Waals surface area (Å²) < 4.78 is 1.98. The average Bonchev–Trinajstić information content (AvgIpc) is 3.16. The highest BCUT2D eigenvalue weighted by atomic mass is 32.2. The Labute approximate surface area is 191 Å². The summed E-state index contributed by atoms with van der Waals surface area (Å²) >= 11 is 1.64. The molecule has 2 aromatic heterocycles. The molecule has 0 unspecified atom stereocenters. The van der Waals surface area contributed by atoms with Crippen LogP contribution in [-0.2, 0) is 0 Å². The highest BCUT2D eigenvalue weighted by molar-refractivity contribution is 7.99. The fourth-order valence-electron chi connectivity index (χ4n) is 3.47. The number of aromatic nitrogens is 4. The molecule has 0 aliphatic carbocycles. The van der Waals surface area contributed by atoms with Crippen LogP contribution in [0, 0.1) is 6.92 Å². The smallest absolute Gasteiger partial charge is 0.227 e. The van der Waals surface area contributed by atoms with E-state index >= 15 is 0 Å². The monoisotopic (exact) mass is 435 g/mol. The highest BCUT2D eigenvalue weighted by Gasteiger charge is 2.20. The van der Waals surface area contributed by atoms with Crippen molar-refractivity contribution in [2.75, 3.05) is 5.32 Å². The molecule has 0 spiro atoms. The van der Waals surface area contributed by atoms with Crippen LogP contribution in [0.25, 0.3) is 16.9 Å². The number of hydrogen-bond donors (Lipinski definition) is 1. The zero-order chi connectivity index (χ0) is 21.8. The SMILES string of the molecule is Cc1c(-c2ccnc(Nc3ccccc3)n2)c(Sc2ccccc2)nn1-c1ccccc1. The van der Waals surface area contributed by atoms with Crippen molar-refractivity contribution in [1.82, 2.24) is 19.7 Å². The molecule has 0 aliphatic rings. The largest absolute Gasteiger partial charge is 0.324 e. The molecule has 2 heterocycles. The Morgan fingerprint density at radius 2 is 1.44 bits per heavy atom. The van der Waals surface area contributed by atoms with E-state index in [4.69, 9.17) is 10.1 Å². The van der Waals surface area contributed by atoms with Gasteiger partial charge in [0, 0.05) is 16.8 Å². The second-order valence-corrected chi connectivity index (χ2v) is 8.25. The van der Waals surface area contributed by atoms with Gasteiger partial charge in [-0.05, 0) is 49.4 Å². The van der Waals surface area contributed by atoms with Crippen molar-refractivity contribution >= 4 is 23.4 Å². The van der Waals surface area contributed by atoms with Crippen molar-refractivity contribution in [1.29, 1.82) is 0 Å². The first kappa shape index (κ1) is 20.0. The summed E-state index contributed by atoms with van der Waals surface area (Å²) in [7, 11) is 0. The number of nitrogens with zero attached hydrogens (tertiary/aromatic N) is 4. The van der Waals surface area contributed by atoms with E-state index in [-0.39, 0.29) is 0 Å². The molecular formula is C26H21N5S. The number of para-hydroxylation sites is 2. The first-order chi connectivity index (χ1) is 15.8. The molecule has 5 rings (SSSR count). The number of benzene rings is 3. The molecule has 5 aromatic rings. The summed E-state index contributed by atoms with van der Waals surface area (Å²) in [5.41, 5.74) is 4.82. The third-order valence-electron chi connectivity index (χ3n) is 4.98. The summed E-state index contributed by atoms with van der Waals surface area (Å²) in [6.07, 6.45) is 1.78. The molecule has 0 bridgehead atoms. The molecule has 0 fully saturated rings. The standard InChI is InChI=1S/C26H21N5S/c1-19-24(23-17-18-27-26(29-23)28-20-11-5-2-6-12-20)25(32-22-15-9-4-10-16-22)30-31(19)21-13-7-3-8-14-21/h2-18H,1H3,(H,27,28,29). The van der Waals surface area contributed by atoms with Gasteiger partial charge in [-0.3, -0.25) is 0 Å². The molecular weight excluding hydrogens is 414 g/mol. The molecule has 0 saturated carbocycles. The molecule has 0 radical (unpaired) electrons. The predicted molar refractivity (Wildman–Crippen MR) is 130 cm³/mol. The Morgan fingerprint density at radius 1 is 0.781 bits per heavy atom. The molecule has 156 valence electrons. The zero-order valence-corrected chi connectivity index (χ0v) is 18.3. The first-order valence-corrected chi connectivity index (χ1v) is 11.1. The minimum atomic E-state index is 0.552. The van der Waals surface area contributed by atoms with Crippen LogP contribution in [0.1, 0.15) is 5.69 Å². The Kier molecular flexibility index (Phi) is 5.68. The van der Waals surface area contributed by atoms with Crippen molar-refractivity contribution in [3.05, 3.63) is 109 Å². The van der Waals surface area contributed by atoms with Gasteiger partial charge in [0.2, 0.25) is 5.95 Å². The summed E-state index contributed by atoms with van der Waals surface area (Å²) in [6.45, 7) is 2.08. The Morgan fingerprint density at radius 3 is 2.16 bits per heavy atom. The van der Waals surface area contributed by atoms with Crippen molar-refractivity contribution in [2.45, 2.75) is 16.8 Å². The van der Waals surface area contributed by atoms with E-state index in [1.807, 2.05) is 77.5 Å². The molecule has 0 amide bonds. The fraction of sp³-hybridized carbons (Fsp3) is 0.0385. The quantitative estimate of drug-likeness (QED) is 0.328. The summed E-state index contributed by atoms with van der Waals surface area (Å²) in [6, 6.07) is 32.3. The van der Waals surface area contributed by atoms with Crippen LogP contribution in [0.15, 0.2) is 113 Å². The van der Waals surface area contributed by atoms with Crippen molar-refractivity contribution < 1.29 is 0 Å². The van der Waals surface area contributed by atoms with Crippen LogP contribution >= 0.6 is 11.8 Å². The lowest BCUT2D eigenvalue weighted by atomic mass is 10.2. The molecule has 32 heavy (non-hydrogen) atoms. The lowest BCUT2D eigenvalue weighted by molar-refractivity contribution is 0.813. The maximum absolute atomic E-state index is 4.96. The molecule has 0 aliphatic heterocycles. The minimum Gasteiger partial charge on any atom is -0.324 e. The fourth-order valence-corrected chi connectivity index (χ4v) is 4.47. The lowest BCUT2D eigenvalue weighted by Crippen LogP contribution is -2.00. The van der Waals surface area contributed by atoms with Crippen LogP contribution in [0.5, 0.6) is 0 Å². The lowest BCUT2D eigenvalue weighted by Gasteiger charge is -2.08. The first-order valence-electron chi connectivity index (χ1n) is 10.3. The van der Waals surface area contributed by atoms with Crippen LogP contribution in [-0.4, -0.2) is 19.7 Å². The molecule has 0 atom stereocenters. The molecule has 5 nitrogen and oxygen atoms in total. The van der Waals surface area contributed by atoms with E-state index in [9.17, 15) is 0 Å². The maximum Gasteiger partial charge on any atom is 0.227 e. The van der Waals surface area contributed by atoms with Crippen LogP contribution in [0.3, 0.4) is 0 Å². The highest BCUT2D eigenvalue weighted by Crippen LogP contribution is 2.37. The third kappa shape index (κ3) is 4.26. The van der Waals surface area contributed by atoms with E-state index in [2.05, 4.69) is 41.5 Å². The molecule has 0 saturated heterocycles. The van der Waals surface area contributed by atoms with Crippen molar-refractivity contribution in [3.63, 3.8) is 0 Å². The molecule has 3 aromatic carbocycles. The van der Waals surface area contributed by atoms with E-state index in [1.54, 1.807) is 18.0 Å². The van der Waals surface area contributed by atoms with E-state index in [0.29, 0.717) is 5.95 Å². The van der Waals surface area contributed by atoms with Gasteiger partial charge in [-0.25, -0.2) is 14.6 Å². The second-order valence-electron chi connectivity index (χ2n) is 7.18. The zero-order valence-electron chi connectivity index (χ0n) is 17.5. The number of anilines is 2. The minimum absolute atomic E-state index is 0.552. The van der Waals surface area contributed by atoms with Crippen LogP contribution in [0.2, 0.25) is 0 Å². The Hall–Kier alpha value is -3.90. The van der Waals surface area contributed by atoms with Gasteiger partial charge in [0.05, 0.1) is 22.6 Å². The number of nitrogens with one attached hydrogen (secondary N) is 1. The second kappa shape index (κ2) is 9.08. The summed E-state index contributed by atoms with van der Waals surface area (Å²) in [5.74, 6) is 0.552. The molecule has 1 N–H and O–H groups in total. The number of rotatable bonds is 6. The van der Waals surface area contributed by atoms with Gasteiger partial charge >= 0.3 is 0 Å². The van der Waals surface area contributed by atoms with Gasteiger partial charge in [0.1, 0.15) is 5.03 Å². The normalized spacial score (nSPS) is 10.8. The molecule has 6 heteroatoms. The predicted octanol–water partition coefficient (Wildman–Crippen LogP) is 6.53. The number of hydrogen-bond acceptors (Lipinski definition) is 5. The average molecular weight is 436 g/mol. The Balaban J connectivity index is 1.59.